The van der Waals surface area contributed by atoms with Gasteiger partial charge in [0.15, 0.2) is 0 Å². The van der Waals surface area contributed by atoms with E-state index >= 15 is 0 Å². The summed E-state index contributed by atoms with van der Waals surface area (Å²) in [5.74, 6) is 0.00508. The van der Waals surface area contributed by atoms with E-state index in [1.54, 1.807) is 18.3 Å². The normalized spacial score (nSPS) is 10.1. The molecule has 0 unspecified atom stereocenters. The average Bonchev–Trinajstić information content (AvgIpc) is 2.30. The first-order valence-electron chi connectivity index (χ1n) is 4.90. The molecule has 0 aliphatic rings. The van der Waals surface area contributed by atoms with Gasteiger partial charge in [0.2, 0.25) is 0 Å². The first-order valence-corrected chi connectivity index (χ1v) is 4.90. The Morgan fingerprint density at radius 2 is 2.00 bits per heavy atom. The summed E-state index contributed by atoms with van der Waals surface area (Å²) in [6.45, 7) is 0. The molecule has 0 aliphatic heterocycles. The molecule has 0 bridgehead atoms. The summed E-state index contributed by atoms with van der Waals surface area (Å²) in [6.07, 6.45) is 3.09. The molecule has 4 nitrogen and oxygen atoms in total. The van der Waals surface area contributed by atoms with E-state index in [2.05, 4.69) is 4.98 Å². The molecule has 1 aromatic carbocycles. The van der Waals surface area contributed by atoms with Crippen LogP contribution in [-0.4, -0.2) is 22.2 Å². The van der Waals surface area contributed by atoms with E-state index in [4.69, 9.17) is 14.8 Å². The van der Waals surface area contributed by atoms with Gasteiger partial charge in [0.25, 0.3) is 0 Å². The number of halogens is 1. The third-order valence-electron chi connectivity index (χ3n) is 2.12. The molecule has 0 atom stereocenters. The molecule has 0 radical (unpaired) electrons. The van der Waals surface area contributed by atoms with Crippen LogP contribution in [0.3, 0.4) is 0 Å². The van der Waals surface area contributed by atoms with E-state index < -0.39 is 12.9 Å². The Morgan fingerprint density at radius 1 is 1.18 bits per heavy atom. The lowest BCUT2D eigenvalue weighted by atomic mass is 9.80. The summed E-state index contributed by atoms with van der Waals surface area (Å²) in [5, 5.41) is 17.7. The highest BCUT2D eigenvalue weighted by Crippen LogP contribution is 2.19. The predicted octanol–water partition coefficient (Wildman–Crippen LogP) is 0.693. The van der Waals surface area contributed by atoms with E-state index in [1.807, 2.05) is 0 Å². The van der Waals surface area contributed by atoms with Gasteiger partial charge in [-0.15, -0.1) is 0 Å². The van der Waals surface area contributed by atoms with Gasteiger partial charge in [-0.3, -0.25) is 4.98 Å². The summed E-state index contributed by atoms with van der Waals surface area (Å²) >= 11 is 0. The summed E-state index contributed by atoms with van der Waals surface area (Å²) in [6, 6.07) is 7.16. The lowest BCUT2D eigenvalue weighted by molar-refractivity contribution is 0.422. The fourth-order valence-electron chi connectivity index (χ4n) is 1.32. The summed E-state index contributed by atoms with van der Waals surface area (Å²) < 4.78 is 18.7. The first kappa shape index (κ1) is 11.6. The maximum absolute atomic E-state index is 13.4. The molecule has 0 amide bonds. The molecular weight excluding hydrogens is 224 g/mol. The number of benzene rings is 1. The maximum atomic E-state index is 13.4. The van der Waals surface area contributed by atoms with Crippen molar-refractivity contribution in [1.29, 1.82) is 0 Å². The summed E-state index contributed by atoms with van der Waals surface area (Å²) in [7, 11) is -1.83. The Labute approximate surface area is 97.5 Å². The van der Waals surface area contributed by atoms with Crippen molar-refractivity contribution in [3.63, 3.8) is 0 Å². The molecule has 0 spiro atoms. The van der Waals surface area contributed by atoms with E-state index in [9.17, 15) is 4.39 Å². The highest BCUT2D eigenvalue weighted by atomic mass is 19.1. The van der Waals surface area contributed by atoms with E-state index in [1.165, 1.54) is 18.3 Å². The number of hydrogen-bond donors (Lipinski definition) is 2. The van der Waals surface area contributed by atoms with Gasteiger partial charge in [0.05, 0.1) is 6.20 Å². The number of ether oxygens (including phenoxy) is 1. The fraction of sp³-hybridized carbons (Fsp3) is 0. The van der Waals surface area contributed by atoms with Gasteiger partial charge in [0.1, 0.15) is 17.3 Å². The van der Waals surface area contributed by atoms with Gasteiger partial charge in [-0.2, -0.15) is 0 Å². The molecule has 2 aromatic rings. The number of hydrogen-bond acceptors (Lipinski definition) is 4. The average molecular weight is 233 g/mol. The Balaban J connectivity index is 2.21. The zero-order chi connectivity index (χ0) is 12.3. The summed E-state index contributed by atoms with van der Waals surface area (Å²) in [4.78, 5) is 3.85. The minimum absolute atomic E-state index is 0.191. The van der Waals surface area contributed by atoms with Gasteiger partial charge in [-0.1, -0.05) is 6.07 Å². The van der Waals surface area contributed by atoms with Crippen LogP contribution in [0.4, 0.5) is 4.39 Å². The molecular formula is C11H9BFNO3. The van der Waals surface area contributed by atoms with Crippen LogP contribution < -0.4 is 10.2 Å². The third-order valence-corrected chi connectivity index (χ3v) is 2.12. The van der Waals surface area contributed by atoms with Crippen LogP contribution in [0.15, 0.2) is 42.7 Å². The molecule has 6 heteroatoms. The van der Waals surface area contributed by atoms with Crippen LogP contribution in [0.5, 0.6) is 11.5 Å². The van der Waals surface area contributed by atoms with Crippen molar-refractivity contribution >= 4 is 12.6 Å². The van der Waals surface area contributed by atoms with Crippen LogP contribution >= 0.6 is 0 Å². The smallest absolute Gasteiger partial charge is 0.456 e. The van der Waals surface area contributed by atoms with E-state index in [0.717, 1.165) is 6.07 Å². The minimum Gasteiger partial charge on any atom is -0.456 e. The van der Waals surface area contributed by atoms with E-state index in [0.29, 0.717) is 5.75 Å². The largest absolute Gasteiger partial charge is 0.491 e. The zero-order valence-corrected chi connectivity index (χ0v) is 8.75. The highest BCUT2D eigenvalue weighted by Gasteiger charge is 2.16. The second-order valence-corrected chi connectivity index (χ2v) is 3.35. The van der Waals surface area contributed by atoms with Crippen molar-refractivity contribution in [3.8, 4) is 11.5 Å². The van der Waals surface area contributed by atoms with Gasteiger partial charge in [-0.25, -0.2) is 4.39 Å². The SMILES string of the molecule is OB(O)c1ccc(Oc2cccnc2)cc1F. The molecule has 2 N–H and O–H groups in total. The van der Waals surface area contributed by atoms with Crippen molar-refractivity contribution < 1.29 is 19.2 Å². The number of aromatic nitrogens is 1. The number of rotatable bonds is 3. The maximum Gasteiger partial charge on any atom is 0.491 e. The zero-order valence-electron chi connectivity index (χ0n) is 8.75. The van der Waals surface area contributed by atoms with Crippen LogP contribution in [0, 0.1) is 5.82 Å². The predicted molar refractivity (Wildman–Crippen MR) is 60.5 cm³/mol. The monoisotopic (exact) mass is 233 g/mol. The van der Waals surface area contributed by atoms with Gasteiger partial charge < -0.3 is 14.8 Å². The van der Waals surface area contributed by atoms with Gasteiger partial charge >= 0.3 is 7.12 Å². The van der Waals surface area contributed by atoms with Crippen LogP contribution in [-0.2, 0) is 0 Å². The highest BCUT2D eigenvalue weighted by molar-refractivity contribution is 6.58. The van der Waals surface area contributed by atoms with E-state index in [-0.39, 0.29) is 11.2 Å². The Hall–Kier alpha value is -1.92. The Kier molecular flexibility index (Phi) is 3.36. The van der Waals surface area contributed by atoms with Crippen molar-refractivity contribution in [2.24, 2.45) is 0 Å². The van der Waals surface area contributed by atoms with Gasteiger partial charge in [0, 0.05) is 17.7 Å². The summed E-state index contributed by atoms with van der Waals surface area (Å²) in [5.41, 5.74) is -0.191. The molecule has 17 heavy (non-hydrogen) atoms. The number of pyridine rings is 1. The molecule has 0 saturated heterocycles. The second-order valence-electron chi connectivity index (χ2n) is 3.35. The molecule has 0 aliphatic carbocycles. The lowest BCUT2D eigenvalue weighted by Crippen LogP contribution is -2.32. The van der Waals surface area contributed by atoms with Crippen molar-refractivity contribution in [1.82, 2.24) is 4.98 Å². The van der Waals surface area contributed by atoms with Gasteiger partial charge in [-0.05, 0) is 18.2 Å². The first-order chi connectivity index (χ1) is 8.16. The fourth-order valence-corrected chi connectivity index (χ4v) is 1.32. The van der Waals surface area contributed by atoms with Crippen LogP contribution in [0.25, 0.3) is 0 Å². The topological polar surface area (TPSA) is 62.6 Å². The Morgan fingerprint density at radius 3 is 2.59 bits per heavy atom. The molecule has 0 saturated carbocycles. The van der Waals surface area contributed by atoms with Crippen LogP contribution in [0.1, 0.15) is 0 Å². The van der Waals surface area contributed by atoms with Crippen molar-refractivity contribution in [3.05, 3.63) is 48.5 Å². The lowest BCUT2D eigenvalue weighted by Gasteiger charge is -2.07. The minimum atomic E-state index is -1.83. The molecule has 2 rings (SSSR count). The number of nitrogens with zero attached hydrogens (tertiary/aromatic N) is 1. The molecule has 0 fully saturated rings. The van der Waals surface area contributed by atoms with Crippen LogP contribution in [0.2, 0.25) is 0 Å². The molecule has 86 valence electrons. The molecule has 1 heterocycles. The third kappa shape index (κ3) is 2.80. The standard InChI is InChI=1S/C11H9BFNO3/c13-11-6-8(3-4-10(11)12(15)16)17-9-2-1-5-14-7-9/h1-7,15-16H. The molecule has 1 aromatic heterocycles. The van der Waals surface area contributed by atoms with Crippen molar-refractivity contribution in [2.75, 3.05) is 0 Å². The Bertz CT molecular complexity index is 507. The quantitative estimate of drug-likeness (QED) is 0.765. The van der Waals surface area contributed by atoms with Crippen molar-refractivity contribution in [2.45, 2.75) is 0 Å². The second kappa shape index (κ2) is 4.94.